The standard InChI is InChI=1S/C11H14FN3O/c1-15(5-3-4-13)10-7-11(16-2)9(14)6-8(10)12/h6-7H,3,5,14H2,1-2H3. The Bertz CT molecular complexity index is 414. The summed E-state index contributed by atoms with van der Waals surface area (Å²) < 4.78 is 18.6. The lowest BCUT2D eigenvalue weighted by Gasteiger charge is -2.19. The van der Waals surface area contributed by atoms with Crippen LogP contribution in [0.1, 0.15) is 6.42 Å². The van der Waals surface area contributed by atoms with Crippen molar-refractivity contribution < 1.29 is 9.13 Å². The monoisotopic (exact) mass is 223 g/mol. The number of ether oxygens (including phenoxy) is 1. The number of nitrogens with zero attached hydrogens (tertiary/aromatic N) is 2. The largest absolute Gasteiger partial charge is 0.495 e. The Balaban J connectivity index is 2.99. The van der Waals surface area contributed by atoms with Crippen molar-refractivity contribution in [3.63, 3.8) is 0 Å². The highest BCUT2D eigenvalue weighted by Crippen LogP contribution is 2.30. The summed E-state index contributed by atoms with van der Waals surface area (Å²) >= 11 is 0. The molecule has 16 heavy (non-hydrogen) atoms. The molecule has 0 radical (unpaired) electrons. The fourth-order valence-electron chi connectivity index (χ4n) is 1.37. The van der Waals surface area contributed by atoms with Crippen LogP contribution in [0.25, 0.3) is 0 Å². The number of nitrogens with two attached hydrogens (primary N) is 1. The lowest BCUT2D eigenvalue weighted by Crippen LogP contribution is -2.19. The molecule has 2 N–H and O–H groups in total. The lowest BCUT2D eigenvalue weighted by molar-refractivity contribution is 0.416. The number of benzene rings is 1. The van der Waals surface area contributed by atoms with E-state index in [4.69, 9.17) is 15.7 Å². The van der Waals surface area contributed by atoms with Gasteiger partial charge in [0.25, 0.3) is 0 Å². The number of nitrogen functional groups attached to an aromatic ring is 1. The van der Waals surface area contributed by atoms with E-state index >= 15 is 0 Å². The van der Waals surface area contributed by atoms with Crippen LogP contribution in [0, 0.1) is 17.1 Å². The van der Waals surface area contributed by atoms with E-state index in [0.717, 1.165) is 0 Å². The van der Waals surface area contributed by atoms with Crippen LogP contribution < -0.4 is 15.4 Å². The zero-order chi connectivity index (χ0) is 12.1. The van der Waals surface area contributed by atoms with Crippen molar-refractivity contribution in [2.75, 3.05) is 31.3 Å². The molecule has 1 aromatic carbocycles. The Labute approximate surface area is 94.0 Å². The normalized spacial score (nSPS) is 9.62. The van der Waals surface area contributed by atoms with Gasteiger partial charge in [-0.15, -0.1) is 0 Å². The number of hydrogen-bond donors (Lipinski definition) is 1. The van der Waals surface area contributed by atoms with Crippen LogP contribution in [-0.2, 0) is 0 Å². The van der Waals surface area contributed by atoms with E-state index in [2.05, 4.69) is 0 Å². The van der Waals surface area contributed by atoms with Crippen LogP contribution in [0.4, 0.5) is 15.8 Å². The minimum atomic E-state index is -0.418. The molecule has 0 atom stereocenters. The van der Waals surface area contributed by atoms with Crippen molar-refractivity contribution in [3.8, 4) is 11.8 Å². The first-order chi connectivity index (χ1) is 7.60. The Kier molecular flexibility index (Phi) is 3.95. The van der Waals surface area contributed by atoms with Gasteiger partial charge in [-0.25, -0.2) is 4.39 Å². The first-order valence-corrected chi connectivity index (χ1v) is 4.81. The highest BCUT2D eigenvalue weighted by Gasteiger charge is 2.11. The SMILES string of the molecule is COc1cc(N(C)CCC#N)c(F)cc1N. The van der Waals surface area contributed by atoms with Gasteiger partial charge in [-0.05, 0) is 0 Å². The molecule has 5 heteroatoms. The number of rotatable bonds is 4. The van der Waals surface area contributed by atoms with Gasteiger partial charge in [0.1, 0.15) is 11.6 Å². The highest BCUT2D eigenvalue weighted by molar-refractivity contribution is 5.63. The minimum Gasteiger partial charge on any atom is -0.495 e. The van der Waals surface area contributed by atoms with E-state index in [1.165, 1.54) is 19.2 Å². The predicted octanol–water partition coefficient (Wildman–Crippen LogP) is 1.77. The van der Waals surface area contributed by atoms with Gasteiger partial charge in [0.05, 0.1) is 31.0 Å². The summed E-state index contributed by atoms with van der Waals surface area (Å²) in [4.78, 5) is 1.65. The van der Waals surface area contributed by atoms with E-state index in [1.54, 1.807) is 11.9 Å². The molecule has 1 rings (SSSR count). The smallest absolute Gasteiger partial charge is 0.148 e. The van der Waals surface area contributed by atoms with Crippen LogP contribution in [0.3, 0.4) is 0 Å². The molecule has 0 saturated carbocycles. The molecule has 0 aliphatic carbocycles. The highest BCUT2D eigenvalue weighted by atomic mass is 19.1. The maximum atomic E-state index is 13.6. The first kappa shape index (κ1) is 12.1. The average Bonchev–Trinajstić information content (AvgIpc) is 2.26. The van der Waals surface area contributed by atoms with Crippen molar-refractivity contribution >= 4 is 11.4 Å². The topological polar surface area (TPSA) is 62.3 Å². The Morgan fingerprint density at radius 1 is 1.56 bits per heavy atom. The van der Waals surface area contributed by atoms with Gasteiger partial charge in [-0.1, -0.05) is 0 Å². The zero-order valence-electron chi connectivity index (χ0n) is 9.33. The number of nitriles is 1. The van der Waals surface area contributed by atoms with Crippen LogP contribution in [0.15, 0.2) is 12.1 Å². The van der Waals surface area contributed by atoms with Crippen LogP contribution in [0.2, 0.25) is 0 Å². The van der Waals surface area contributed by atoms with Crippen molar-refractivity contribution in [3.05, 3.63) is 17.9 Å². The molecule has 0 saturated heterocycles. The van der Waals surface area contributed by atoms with Crippen LogP contribution in [0.5, 0.6) is 5.75 Å². The van der Waals surface area contributed by atoms with E-state index in [9.17, 15) is 4.39 Å². The quantitative estimate of drug-likeness (QED) is 0.790. The molecule has 86 valence electrons. The van der Waals surface area contributed by atoms with Crippen molar-refractivity contribution in [1.82, 2.24) is 0 Å². The second-order valence-electron chi connectivity index (χ2n) is 3.38. The molecule has 0 heterocycles. The summed E-state index contributed by atoms with van der Waals surface area (Å²) in [6, 6.07) is 4.76. The number of methoxy groups -OCH3 is 1. The molecule has 0 unspecified atom stereocenters. The molecule has 0 aliphatic rings. The molecule has 0 fully saturated rings. The minimum absolute atomic E-state index is 0.262. The summed E-state index contributed by atoms with van der Waals surface area (Å²) in [6.45, 7) is 0.459. The number of anilines is 2. The fourth-order valence-corrected chi connectivity index (χ4v) is 1.37. The summed E-state index contributed by atoms with van der Waals surface area (Å²) in [5, 5.41) is 8.46. The van der Waals surface area contributed by atoms with Gasteiger partial charge in [-0.2, -0.15) is 5.26 Å². The summed E-state index contributed by atoms with van der Waals surface area (Å²) in [6.07, 6.45) is 0.336. The Morgan fingerprint density at radius 3 is 2.81 bits per heavy atom. The third-order valence-corrected chi connectivity index (χ3v) is 2.27. The number of halogens is 1. The maximum Gasteiger partial charge on any atom is 0.148 e. The van der Waals surface area contributed by atoms with E-state index in [-0.39, 0.29) is 5.69 Å². The lowest BCUT2D eigenvalue weighted by atomic mass is 10.2. The van der Waals surface area contributed by atoms with Gasteiger partial charge in [-0.3, -0.25) is 0 Å². The molecular formula is C11H14FN3O. The van der Waals surface area contributed by atoms with Crippen molar-refractivity contribution in [1.29, 1.82) is 5.26 Å². The molecule has 0 aliphatic heterocycles. The summed E-state index contributed by atoms with van der Waals surface area (Å²) in [7, 11) is 3.19. The summed E-state index contributed by atoms with van der Waals surface area (Å²) in [5.74, 6) is 0.0129. The van der Waals surface area contributed by atoms with Gasteiger partial charge in [0.2, 0.25) is 0 Å². The van der Waals surface area contributed by atoms with Crippen molar-refractivity contribution in [2.24, 2.45) is 0 Å². The molecule has 0 spiro atoms. The summed E-state index contributed by atoms with van der Waals surface area (Å²) in [5.41, 5.74) is 6.20. The Morgan fingerprint density at radius 2 is 2.25 bits per heavy atom. The fraction of sp³-hybridized carbons (Fsp3) is 0.364. The number of hydrogen-bond acceptors (Lipinski definition) is 4. The van der Waals surface area contributed by atoms with E-state index in [0.29, 0.717) is 24.4 Å². The molecule has 1 aromatic rings. The van der Waals surface area contributed by atoms with Gasteiger partial charge >= 0.3 is 0 Å². The first-order valence-electron chi connectivity index (χ1n) is 4.81. The predicted molar refractivity (Wildman–Crippen MR) is 60.9 cm³/mol. The van der Waals surface area contributed by atoms with Crippen LogP contribution >= 0.6 is 0 Å². The molecule has 0 bridgehead atoms. The second kappa shape index (κ2) is 5.21. The van der Waals surface area contributed by atoms with Gasteiger partial charge < -0.3 is 15.4 Å². The maximum absolute atomic E-state index is 13.6. The van der Waals surface area contributed by atoms with E-state index < -0.39 is 5.82 Å². The van der Waals surface area contributed by atoms with Crippen LogP contribution in [-0.4, -0.2) is 20.7 Å². The second-order valence-corrected chi connectivity index (χ2v) is 3.38. The zero-order valence-corrected chi connectivity index (χ0v) is 9.33. The average molecular weight is 223 g/mol. The third-order valence-electron chi connectivity index (χ3n) is 2.27. The van der Waals surface area contributed by atoms with Gasteiger partial charge in [0.15, 0.2) is 0 Å². The molecule has 0 amide bonds. The molecule has 0 aromatic heterocycles. The van der Waals surface area contributed by atoms with Gasteiger partial charge in [0, 0.05) is 25.7 Å². The molecular weight excluding hydrogens is 209 g/mol. The molecule has 4 nitrogen and oxygen atoms in total. The Hall–Kier alpha value is -1.96. The van der Waals surface area contributed by atoms with E-state index in [1.807, 2.05) is 6.07 Å². The van der Waals surface area contributed by atoms with Crippen molar-refractivity contribution in [2.45, 2.75) is 6.42 Å². The third kappa shape index (κ3) is 2.54.